The van der Waals surface area contributed by atoms with E-state index in [1.165, 1.54) is 12.1 Å². The van der Waals surface area contributed by atoms with Crippen molar-refractivity contribution in [2.24, 2.45) is 0 Å². The largest absolute Gasteiger partial charge is 0.508 e. The van der Waals surface area contributed by atoms with E-state index in [0.29, 0.717) is 22.4 Å². The molecule has 3 N–H and O–H groups in total. The Morgan fingerprint density at radius 2 is 1.76 bits per heavy atom. The van der Waals surface area contributed by atoms with Crippen LogP contribution in [0.25, 0.3) is 0 Å². The van der Waals surface area contributed by atoms with Crippen LogP contribution in [0.1, 0.15) is 21.5 Å². The van der Waals surface area contributed by atoms with E-state index in [0.717, 1.165) is 0 Å². The third-order valence-corrected chi connectivity index (χ3v) is 3.03. The molecule has 2 aromatic carbocycles. The SMILES string of the molecule is Cc1cc(C(=O)Nc2ccc(CC(=O)O)cc2)ccc1O. The fraction of sp³-hybridized carbons (Fsp3) is 0.125. The van der Waals surface area contributed by atoms with E-state index in [1.54, 1.807) is 37.3 Å². The van der Waals surface area contributed by atoms with Gasteiger partial charge in [0.05, 0.1) is 6.42 Å². The highest BCUT2D eigenvalue weighted by Gasteiger charge is 2.08. The smallest absolute Gasteiger partial charge is 0.307 e. The zero-order valence-corrected chi connectivity index (χ0v) is 11.5. The molecule has 0 spiro atoms. The van der Waals surface area contributed by atoms with Gasteiger partial charge in [0.25, 0.3) is 5.91 Å². The maximum Gasteiger partial charge on any atom is 0.307 e. The first-order valence-electron chi connectivity index (χ1n) is 6.37. The Morgan fingerprint density at radius 3 is 2.33 bits per heavy atom. The van der Waals surface area contributed by atoms with Gasteiger partial charge in [-0.15, -0.1) is 0 Å². The quantitative estimate of drug-likeness (QED) is 0.805. The monoisotopic (exact) mass is 285 g/mol. The first kappa shape index (κ1) is 14.6. The highest BCUT2D eigenvalue weighted by Crippen LogP contribution is 2.18. The summed E-state index contributed by atoms with van der Waals surface area (Å²) in [7, 11) is 0. The molecule has 21 heavy (non-hydrogen) atoms. The number of carboxylic acids is 1. The maximum absolute atomic E-state index is 12.1. The van der Waals surface area contributed by atoms with Crippen LogP contribution in [0.3, 0.4) is 0 Å². The summed E-state index contributed by atoms with van der Waals surface area (Å²) in [6.07, 6.45) is -0.0502. The summed E-state index contributed by atoms with van der Waals surface area (Å²) in [5, 5.41) is 20.8. The minimum Gasteiger partial charge on any atom is -0.508 e. The fourth-order valence-corrected chi connectivity index (χ4v) is 1.88. The van der Waals surface area contributed by atoms with Crippen LogP contribution in [0, 0.1) is 6.92 Å². The molecular weight excluding hydrogens is 270 g/mol. The molecule has 0 heterocycles. The van der Waals surface area contributed by atoms with E-state index in [9.17, 15) is 14.7 Å². The Bertz CT molecular complexity index is 677. The number of hydrogen-bond donors (Lipinski definition) is 3. The summed E-state index contributed by atoms with van der Waals surface area (Å²) < 4.78 is 0. The second kappa shape index (κ2) is 6.09. The molecule has 1 amide bonds. The summed E-state index contributed by atoms with van der Waals surface area (Å²) in [5.41, 5.74) is 2.32. The number of hydrogen-bond acceptors (Lipinski definition) is 3. The van der Waals surface area contributed by atoms with Crippen LogP contribution in [0.4, 0.5) is 5.69 Å². The highest BCUT2D eigenvalue weighted by molar-refractivity contribution is 6.04. The molecular formula is C16H15NO4. The van der Waals surface area contributed by atoms with Gasteiger partial charge in [0.2, 0.25) is 0 Å². The number of anilines is 1. The van der Waals surface area contributed by atoms with Crippen molar-refractivity contribution < 1.29 is 19.8 Å². The predicted octanol–water partition coefficient (Wildman–Crippen LogP) is 2.58. The molecule has 0 fully saturated rings. The van der Waals surface area contributed by atoms with Crippen molar-refractivity contribution in [3.8, 4) is 5.75 Å². The third-order valence-electron chi connectivity index (χ3n) is 3.03. The number of carbonyl (C=O) groups excluding carboxylic acids is 1. The summed E-state index contributed by atoms with van der Waals surface area (Å²) in [6, 6.07) is 11.2. The molecule has 0 atom stereocenters. The summed E-state index contributed by atoms with van der Waals surface area (Å²) in [4.78, 5) is 22.6. The Kier molecular flexibility index (Phi) is 4.23. The maximum atomic E-state index is 12.1. The number of carbonyl (C=O) groups is 2. The van der Waals surface area contributed by atoms with Gasteiger partial charge < -0.3 is 15.5 Å². The number of aryl methyl sites for hydroxylation is 1. The molecule has 0 aliphatic rings. The summed E-state index contributed by atoms with van der Waals surface area (Å²) >= 11 is 0. The molecule has 0 bridgehead atoms. The third kappa shape index (κ3) is 3.82. The zero-order chi connectivity index (χ0) is 15.4. The van der Waals surface area contributed by atoms with Gasteiger partial charge in [-0.3, -0.25) is 9.59 Å². The van der Waals surface area contributed by atoms with Crippen LogP contribution in [0.5, 0.6) is 5.75 Å². The molecule has 108 valence electrons. The number of carboxylic acid groups (broad SMARTS) is 1. The predicted molar refractivity (Wildman–Crippen MR) is 78.6 cm³/mol. The van der Waals surface area contributed by atoms with Crippen LogP contribution in [-0.4, -0.2) is 22.1 Å². The van der Waals surface area contributed by atoms with Crippen molar-refractivity contribution in [3.63, 3.8) is 0 Å². The number of rotatable bonds is 4. The van der Waals surface area contributed by atoms with Gasteiger partial charge in [0.1, 0.15) is 5.75 Å². The minimum absolute atomic E-state index is 0.0502. The van der Waals surface area contributed by atoms with Gasteiger partial charge >= 0.3 is 5.97 Å². The van der Waals surface area contributed by atoms with Crippen LogP contribution in [0.2, 0.25) is 0 Å². The molecule has 2 aromatic rings. The minimum atomic E-state index is -0.897. The van der Waals surface area contributed by atoms with Crippen LogP contribution < -0.4 is 5.32 Å². The van der Waals surface area contributed by atoms with Crippen molar-refractivity contribution in [1.82, 2.24) is 0 Å². The Hall–Kier alpha value is -2.82. The van der Waals surface area contributed by atoms with Crippen LogP contribution >= 0.6 is 0 Å². The number of aromatic hydroxyl groups is 1. The van der Waals surface area contributed by atoms with E-state index < -0.39 is 5.97 Å². The topological polar surface area (TPSA) is 86.6 Å². The lowest BCUT2D eigenvalue weighted by molar-refractivity contribution is -0.136. The van der Waals surface area contributed by atoms with E-state index in [-0.39, 0.29) is 18.1 Å². The van der Waals surface area contributed by atoms with Gasteiger partial charge in [-0.25, -0.2) is 0 Å². The molecule has 0 saturated carbocycles. The zero-order valence-electron chi connectivity index (χ0n) is 11.5. The number of benzene rings is 2. The van der Waals surface area contributed by atoms with E-state index in [4.69, 9.17) is 5.11 Å². The molecule has 0 unspecified atom stereocenters. The molecule has 5 nitrogen and oxygen atoms in total. The second-order valence-electron chi connectivity index (χ2n) is 4.72. The number of phenolic OH excluding ortho intramolecular Hbond substituents is 1. The molecule has 5 heteroatoms. The number of nitrogens with one attached hydrogen (secondary N) is 1. The first-order chi connectivity index (χ1) is 9.95. The molecule has 2 rings (SSSR count). The number of phenols is 1. The van der Waals surface area contributed by atoms with Crippen molar-refractivity contribution in [2.75, 3.05) is 5.32 Å². The molecule has 0 saturated heterocycles. The Labute approximate surface area is 121 Å². The van der Waals surface area contributed by atoms with Gasteiger partial charge in [-0.1, -0.05) is 12.1 Å². The lowest BCUT2D eigenvalue weighted by Crippen LogP contribution is -2.12. The molecule has 0 aromatic heterocycles. The average molecular weight is 285 g/mol. The standard InChI is InChI=1S/C16H15NO4/c1-10-8-12(4-7-14(10)18)16(21)17-13-5-2-11(3-6-13)9-15(19)20/h2-8,18H,9H2,1H3,(H,17,21)(H,19,20). The molecule has 0 aliphatic heterocycles. The molecule has 0 radical (unpaired) electrons. The van der Waals surface area contributed by atoms with Crippen molar-refractivity contribution in [1.29, 1.82) is 0 Å². The lowest BCUT2D eigenvalue weighted by Gasteiger charge is -2.07. The fourth-order valence-electron chi connectivity index (χ4n) is 1.88. The summed E-state index contributed by atoms with van der Waals surface area (Å²) in [6.45, 7) is 1.72. The molecule has 0 aliphatic carbocycles. The Morgan fingerprint density at radius 1 is 1.10 bits per heavy atom. The van der Waals surface area contributed by atoms with Crippen LogP contribution in [-0.2, 0) is 11.2 Å². The van der Waals surface area contributed by atoms with E-state index in [2.05, 4.69) is 5.32 Å². The van der Waals surface area contributed by atoms with Gasteiger partial charge in [-0.2, -0.15) is 0 Å². The van der Waals surface area contributed by atoms with Crippen molar-refractivity contribution in [3.05, 3.63) is 59.2 Å². The second-order valence-corrected chi connectivity index (χ2v) is 4.72. The van der Waals surface area contributed by atoms with Crippen LogP contribution in [0.15, 0.2) is 42.5 Å². The number of aliphatic carboxylic acids is 1. The van der Waals surface area contributed by atoms with Crippen molar-refractivity contribution >= 4 is 17.6 Å². The van der Waals surface area contributed by atoms with Gasteiger partial charge in [-0.05, 0) is 48.4 Å². The first-order valence-corrected chi connectivity index (χ1v) is 6.37. The van der Waals surface area contributed by atoms with Gasteiger partial charge in [0.15, 0.2) is 0 Å². The Balaban J connectivity index is 2.08. The van der Waals surface area contributed by atoms with E-state index >= 15 is 0 Å². The van der Waals surface area contributed by atoms with Gasteiger partial charge in [0, 0.05) is 11.3 Å². The lowest BCUT2D eigenvalue weighted by atomic mass is 10.1. The van der Waals surface area contributed by atoms with E-state index in [1.807, 2.05) is 0 Å². The van der Waals surface area contributed by atoms with Crippen molar-refractivity contribution in [2.45, 2.75) is 13.3 Å². The summed E-state index contributed by atoms with van der Waals surface area (Å²) in [5.74, 6) is -1.04. The normalized spacial score (nSPS) is 10.1. The average Bonchev–Trinajstić information content (AvgIpc) is 2.43. The number of amides is 1. The highest BCUT2D eigenvalue weighted by atomic mass is 16.4.